The largest absolute Gasteiger partial charge is 0.494 e. The number of aromatic nitrogens is 1. The molecule has 1 fully saturated rings. The van der Waals surface area contributed by atoms with Gasteiger partial charge in [-0.15, -0.1) is 0 Å². The van der Waals surface area contributed by atoms with Gasteiger partial charge in [0.05, 0.1) is 23.4 Å². The van der Waals surface area contributed by atoms with Gasteiger partial charge in [0.25, 0.3) is 0 Å². The predicted octanol–water partition coefficient (Wildman–Crippen LogP) is 2.44. The van der Waals surface area contributed by atoms with Gasteiger partial charge in [0.1, 0.15) is 11.3 Å². The number of piperazine rings is 1. The van der Waals surface area contributed by atoms with Crippen molar-refractivity contribution in [3.63, 3.8) is 0 Å². The van der Waals surface area contributed by atoms with Gasteiger partial charge in [-0.05, 0) is 12.1 Å². The molecule has 1 aliphatic heterocycles. The molecule has 136 valence electrons. The van der Waals surface area contributed by atoms with E-state index in [0.717, 1.165) is 34.2 Å². The fourth-order valence-corrected chi connectivity index (χ4v) is 4.02. The molecule has 0 spiro atoms. The van der Waals surface area contributed by atoms with Crippen LogP contribution in [0.4, 0.5) is 9.93 Å². The Hall–Kier alpha value is -1.77. The molecule has 25 heavy (non-hydrogen) atoms. The standard InChI is InChI=1S/C16H21ClN4O3S/c1-23-10-5-18-15(22)20-6-8-21(9-7-20)16-19-13-12(24-2)4-3-11(17)14(13)25-16/h3-4H,5-10H2,1-2H3,(H,18,22). The van der Waals surface area contributed by atoms with Crippen molar-refractivity contribution in [2.45, 2.75) is 0 Å². The first kappa shape index (κ1) is 18.0. The maximum Gasteiger partial charge on any atom is 0.317 e. The molecule has 0 saturated carbocycles. The number of rotatable bonds is 5. The highest BCUT2D eigenvalue weighted by Gasteiger charge is 2.24. The smallest absolute Gasteiger partial charge is 0.317 e. The number of nitrogens with one attached hydrogen (secondary N) is 1. The Balaban J connectivity index is 1.66. The maximum atomic E-state index is 12.1. The Morgan fingerprint density at radius 3 is 2.76 bits per heavy atom. The molecule has 2 heterocycles. The first-order valence-corrected chi connectivity index (χ1v) is 9.23. The average molecular weight is 385 g/mol. The summed E-state index contributed by atoms with van der Waals surface area (Å²) in [5.41, 5.74) is 0.787. The maximum absolute atomic E-state index is 12.1. The van der Waals surface area contributed by atoms with Crippen LogP contribution in [0.5, 0.6) is 5.75 Å². The number of benzene rings is 1. The summed E-state index contributed by atoms with van der Waals surface area (Å²) in [5.74, 6) is 0.720. The summed E-state index contributed by atoms with van der Waals surface area (Å²) in [6.45, 7) is 3.81. The van der Waals surface area contributed by atoms with E-state index in [1.807, 2.05) is 17.0 Å². The van der Waals surface area contributed by atoms with Gasteiger partial charge in [-0.3, -0.25) is 0 Å². The highest BCUT2D eigenvalue weighted by molar-refractivity contribution is 7.22. The summed E-state index contributed by atoms with van der Waals surface area (Å²) in [6, 6.07) is 3.61. The minimum Gasteiger partial charge on any atom is -0.494 e. The average Bonchev–Trinajstić information content (AvgIpc) is 3.09. The number of anilines is 1. The lowest BCUT2D eigenvalue weighted by molar-refractivity contribution is 0.177. The SMILES string of the molecule is COCCNC(=O)N1CCN(c2nc3c(OC)ccc(Cl)c3s2)CC1. The molecule has 2 amide bonds. The summed E-state index contributed by atoms with van der Waals surface area (Å²) in [6.07, 6.45) is 0. The second-order valence-corrected chi connectivity index (χ2v) is 7.01. The van der Waals surface area contributed by atoms with Gasteiger partial charge in [-0.1, -0.05) is 22.9 Å². The van der Waals surface area contributed by atoms with Crippen molar-refractivity contribution in [2.24, 2.45) is 0 Å². The summed E-state index contributed by atoms with van der Waals surface area (Å²) in [4.78, 5) is 20.8. The molecule has 0 bridgehead atoms. The van der Waals surface area contributed by atoms with Gasteiger partial charge >= 0.3 is 6.03 Å². The summed E-state index contributed by atoms with van der Waals surface area (Å²) in [7, 11) is 3.24. The van der Waals surface area contributed by atoms with E-state index in [9.17, 15) is 4.79 Å². The van der Waals surface area contributed by atoms with Gasteiger partial charge in [0.2, 0.25) is 0 Å². The third kappa shape index (κ3) is 3.91. The number of ether oxygens (including phenoxy) is 2. The van der Waals surface area contributed by atoms with Crippen LogP contribution in [0.2, 0.25) is 5.02 Å². The number of carbonyl (C=O) groups is 1. The fraction of sp³-hybridized carbons (Fsp3) is 0.500. The molecular formula is C16H21ClN4O3S. The number of amides is 2. The Morgan fingerprint density at radius 1 is 1.32 bits per heavy atom. The molecule has 0 aliphatic carbocycles. The monoisotopic (exact) mass is 384 g/mol. The van der Waals surface area contributed by atoms with E-state index < -0.39 is 0 Å². The topological polar surface area (TPSA) is 66.9 Å². The van der Waals surface area contributed by atoms with Crippen LogP contribution in [-0.4, -0.2) is 69.5 Å². The van der Waals surface area contributed by atoms with Crippen molar-refractivity contribution >= 4 is 44.3 Å². The van der Waals surface area contributed by atoms with Crippen molar-refractivity contribution in [1.29, 1.82) is 0 Å². The number of hydrogen-bond donors (Lipinski definition) is 1. The quantitative estimate of drug-likeness (QED) is 0.802. The van der Waals surface area contributed by atoms with E-state index in [2.05, 4.69) is 10.2 Å². The Kier molecular flexibility index (Phi) is 5.82. The zero-order valence-electron chi connectivity index (χ0n) is 14.2. The van der Waals surface area contributed by atoms with Crippen LogP contribution in [-0.2, 0) is 4.74 Å². The Labute approximate surface area is 155 Å². The van der Waals surface area contributed by atoms with Gasteiger partial charge in [0, 0.05) is 39.8 Å². The molecule has 0 atom stereocenters. The van der Waals surface area contributed by atoms with Crippen LogP contribution in [0.15, 0.2) is 12.1 Å². The highest BCUT2D eigenvalue weighted by atomic mass is 35.5. The lowest BCUT2D eigenvalue weighted by Crippen LogP contribution is -2.52. The number of halogens is 1. The van der Waals surface area contributed by atoms with Crippen molar-refractivity contribution < 1.29 is 14.3 Å². The third-order valence-electron chi connectivity index (χ3n) is 4.09. The molecule has 1 N–H and O–H groups in total. The second-order valence-electron chi connectivity index (χ2n) is 5.62. The molecule has 9 heteroatoms. The third-order valence-corrected chi connectivity index (χ3v) is 5.66. The van der Waals surface area contributed by atoms with Crippen LogP contribution >= 0.6 is 22.9 Å². The van der Waals surface area contributed by atoms with Crippen LogP contribution in [0.3, 0.4) is 0 Å². The molecule has 3 rings (SSSR count). The van der Waals surface area contributed by atoms with Crippen molar-refractivity contribution in [2.75, 3.05) is 58.5 Å². The molecule has 7 nitrogen and oxygen atoms in total. The van der Waals surface area contributed by atoms with Crippen molar-refractivity contribution in [3.05, 3.63) is 17.2 Å². The normalized spacial score (nSPS) is 14.8. The molecule has 0 radical (unpaired) electrons. The predicted molar refractivity (Wildman–Crippen MR) is 100 cm³/mol. The number of methoxy groups -OCH3 is 2. The van der Waals surface area contributed by atoms with E-state index in [1.165, 1.54) is 0 Å². The van der Waals surface area contributed by atoms with Crippen LogP contribution in [0.25, 0.3) is 10.2 Å². The number of urea groups is 1. The zero-order chi connectivity index (χ0) is 17.8. The van der Waals surface area contributed by atoms with Gasteiger partial charge < -0.3 is 24.6 Å². The van der Waals surface area contributed by atoms with Crippen LogP contribution in [0, 0.1) is 0 Å². The lowest BCUT2D eigenvalue weighted by atomic mass is 10.3. The minimum atomic E-state index is -0.0503. The first-order chi connectivity index (χ1) is 12.1. The van der Waals surface area contributed by atoms with Crippen molar-refractivity contribution in [1.82, 2.24) is 15.2 Å². The lowest BCUT2D eigenvalue weighted by Gasteiger charge is -2.34. The Bertz CT molecular complexity index is 746. The summed E-state index contributed by atoms with van der Waals surface area (Å²) < 4.78 is 11.2. The van der Waals surface area contributed by atoms with E-state index in [-0.39, 0.29) is 6.03 Å². The molecule has 1 saturated heterocycles. The van der Waals surface area contributed by atoms with E-state index in [4.69, 9.17) is 26.1 Å². The molecule has 1 aromatic carbocycles. The van der Waals surface area contributed by atoms with Gasteiger partial charge in [-0.2, -0.15) is 0 Å². The van der Waals surface area contributed by atoms with E-state index in [1.54, 1.807) is 25.6 Å². The number of carbonyl (C=O) groups excluding carboxylic acids is 1. The molecule has 1 aromatic heterocycles. The summed E-state index contributed by atoms with van der Waals surface area (Å²) in [5, 5.41) is 4.43. The first-order valence-electron chi connectivity index (χ1n) is 8.03. The van der Waals surface area contributed by atoms with Crippen molar-refractivity contribution in [3.8, 4) is 5.75 Å². The highest BCUT2D eigenvalue weighted by Crippen LogP contribution is 2.38. The summed E-state index contributed by atoms with van der Waals surface area (Å²) >= 11 is 7.84. The fourth-order valence-electron chi connectivity index (χ4n) is 2.71. The van der Waals surface area contributed by atoms with E-state index in [0.29, 0.717) is 31.3 Å². The van der Waals surface area contributed by atoms with Gasteiger partial charge in [-0.25, -0.2) is 9.78 Å². The number of nitrogens with zero attached hydrogens (tertiary/aromatic N) is 3. The number of hydrogen-bond acceptors (Lipinski definition) is 6. The molecule has 0 unspecified atom stereocenters. The van der Waals surface area contributed by atoms with Crippen LogP contribution < -0.4 is 15.0 Å². The molecular weight excluding hydrogens is 364 g/mol. The number of thiazole rings is 1. The molecule has 1 aliphatic rings. The second kappa shape index (κ2) is 8.07. The zero-order valence-corrected chi connectivity index (χ0v) is 15.8. The van der Waals surface area contributed by atoms with E-state index >= 15 is 0 Å². The van der Waals surface area contributed by atoms with Crippen LogP contribution in [0.1, 0.15) is 0 Å². The number of fused-ring (bicyclic) bond motifs is 1. The molecule has 2 aromatic rings. The Morgan fingerprint density at radius 2 is 2.08 bits per heavy atom. The van der Waals surface area contributed by atoms with Gasteiger partial charge in [0.15, 0.2) is 5.13 Å². The minimum absolute atomic E-state index is 0.0503.